The molecule has 0 saturated carbocycles. The number of aliphatic hydroxyl groups excluding tert-OH is 1. The molecule has 3 atom stereocenters. The van der Waals surface area contributed by atoms with Crippen molar-refractivity contribution in [2.75, 3.05) is 7.11 Å². The van der Waals surface area contributed by atoms with Gasteiger partial charge in [0.1, 0.15) is 40.4 Å². The third kappa shape index (κ3) is 4.03. The van der Waals surface area contributed by atoms with E-state index in [1.54, 1.807) is 25.1 Å². The molecule has 0 amide bonds. The molecule has 2 bridgehead atoms. The highest BCUT2D eigenvalue weighted by atomic mass is 16.5. The molecule has 0 radical (unpaired) electrons. The number of ether oxygens (including phenoxy) is 2. The number of phenols is 4. The summed E-state index contributed by atoms with van der Waals surface area (Å²) in [6.07, 6.45) is 2.06. The van der Waals surface area contributed by atoms with E-state index in [0.717, 1.165) is 19.2 Å². The van der Waals surface area contributed by atoms with Gasteiger partial charge in [-0.05, 0) is 66.8 Å². The van der Waals surface area contributed by atoms with Crippen molar-refractivity contribution in [2.24, 2.45) is 5.41 Å². The summed E-state index contributed by atoms with van der Waals surface area (Å²) in [5.41, 5.74) is -1.30. The number of rotatable bonds is 4. The first kappa shape index (κ1) is 29.5. The first-order valence-corrected chi connectivity index (χ1v) is 13.9. The lowest BCUT2D eigenvalue weighted by molar-refractivity contribution is -0.152. The highest BCUT2D eigenvalue weighted by Crippen LogP contribution is 2.61. The second kappa shape index (κ2) is 9.98. The van der Waals surface area contributed by atoms with E-state index < -0.39 is 75.1 Å². The van der Waals surface area contributed by atoms with Crippen LogP contribution in [0.2, 0.25) is 0 Å². The van der Waals surface area contributed by atoms with Crippen molar-refractivity contribution < 1.29 is 54.2 Å². The molecule has 45 heavy (non-hydrogen) atoms. The molecular weight excluding hydrogens is 584 g/mol. The number of hydrogen-bond acceptors (Lipinski definition) is 11. The van der Waals surface area contributed by atoms with Gasteiger partial charge in [0.05, 0.1) is 40.7 Å². The highest BCUT2D eigenvalue weighted by Gasteiger charge is 2.57. The van der Waals surface area contributed by atoms with E-state index in [1.807, 2.05) is 0 Å². The largest absolute Gasteiger partial charge is 0.507 e. The zero-order valence-electron chi connectivity index (χ0n) is 24.6. The van der Waals surface area contributed by atoms with Crippen molar-refractivity contribution in [2.45, 2.75) is 39.2 Å². The number of methoxy groups -OCH3 is 1. The van der Waals surface area contributed by atoms with E-state index in [-0.39, 0.29) is 34.4 Å². The molecule has 0 aliphatic heterocycles. The maximum Gasteiger partial charge on any atom is 0.342 e. The van der Waals surface area contributed by atoms with Crippen LogP contribution in [0.1, 0.15) is 78.6 Å². The van der Waals surface area contributed by atoms with Crippen molar-refractivity contribution >= 4 is 29.3 Å². The summed E-state index contributed by atoms with van der Waals surface area (Å²) < 4.78 is 10.5. The SMILES string of the molecule is COC(=O)c1c(O)ccc(O)c1C(=O)c1c(O)cc2c(c1C)[C@@H]1C=C[C@]3(C2)C(=C(O)c2c(O)cc(C)cc2[C@@H]3OC(C)=O)C1=O. The monoisotopic (exact) mass is 612 g/mol. The molecule has 0 aromatic heterocycles. The molecule has 5 N–H and O–H groups in total. The predicted octanol–water partition coefficient (Wildman–Crippen LogP) is 4.50. The van der Waals surface area contributed by atoms with Gasteiger partial charge in [-0.3, -0.25) is 14.4 Å². The standard InChI is InChI=1S/C34H28O11/c1-13-9-18-25(21(38)10-13)31(42)28-29(40)17-7-8-34(28,32(18)45-15(3)35)12-16-11-22(39)24(14(2)23(16)17)30(41)26-19(36)5-6-20(37)27(26)33(43)44-4/h5-11,17,32,36-39,42H,12H2,1-4H3/t17-,32-,34-/m0/s1. The van der Waals surface area contributed by atoms with Crippen LogP contribution in [0.3, 0.4) is 0 Å². The van der Waals surface area contributed by atoms with Crippen LogP contribution in [0.15, 0.2) is 48.1 Å². The van der Waals surface area contributed by atoms with E-state index in [9.17, 15) is 44.7 Å². The van der Waals surface area contributed by atoms with E-state index >= 15 is 0 Å². The van der Waals surface area contributed by atoms with Crippen LogP contribution >= 0.6 is 0 Å². The Bertz CT molecular complexity index is 1970. The number of aliphatic hydroxyl groups is 1. The summed E-state index contributed by atoms with van der Waals surface area (Å²) in [4.78, 5) is 53.2. The average Bonchev–Trinajstić information content (AvgIpc) is 3.18. The molecule has 11 heteroatoms. The molecule has 0 heterocycles. The average molecular weight is 613 g/mol. The highest BCUT2D eigenvalue weighted by molar-refractivity contribution is 6.19. The van der Waals surface area contributed by atoms with E-state index in [2.05, 4.69) is 0 Å². The Labute approximate surface area is 256 Å². The molecule has 3 aromatic carbocycles. The predicted molar refractivity (Wildman–Crippen MR) is 157 cm³/mol. The summed E-state index contributed by atoms with van der Waals surface area (Å²) in [6, 6.07) is 6.40. The van der Waals surface area contributed by atoms with Gasteiger partial charge in [-0.15, -0.1) is 0 Å². The van der Waals surface area contributed by atoms with Gasteiger partial charge in [0, 0.05) is 12.5 Å². The number of Topliss-reactive ketones (excluding diaryl/α,β-unsaturated/α-hetero) is 1. The third-order valence-corrected chi connectivity index (χ3v) is 8.87. The molecule has 3 aromatic rings. The van der Waals surface area contributed by atoms with Crippen LogP contribution in [-0.2, 0) is 25.5 Å². The lowest BCUT2D eigenvalue weighted by Gasteiger charge is -2.44. The maximum atomic E-state index is 14.3. The lowest BCUT2D eigenvalue weighted by atomic mass is 9.61. The first-order chi connectivity index (χ1) is 21.2. The number of allylic oxidation sites excluding steroid dienone is 1. The Hall–Kier alpha value is -5.58. The van der Waals surface area contributed by atoms with E-state index in [4.69, 9.17) is 9.47 Å². The summed E-state index contributed by atoms with van der Waals surface area (Å²) in [5, 5.41) is 54.7. The summed E-state index contributed by atoms with van der Waals surface area (Å²) in [5.74, 6) is -7.01. The second-order valence-electron chi connectivity index (χ2n) is 11.5. The van der Waals surface area contributed by atoms with Crippen LogP contribution < -0.4 is 0 Å². The lowest BCUT2D eigenvalue weighted by Crippen LogP contribution is -2.42. The minimum Gasteiger partial charge on any atom is -0.507 e. The van der Waals surface area contributed by atoms with E-state index in [0.29, 0.717) is 22.3 Å². The number of aromatic hydroxyl groups is 4. The second-order valence-corrected chi connectivity index (χ2v) is 11.5. The van der Waals surface area contributed by atoms with Gasteiger partial charge >= 0.3 is 11.9 Å². The molecular formula is C34H28O11. The van der Waals surface area contributed by atoms with Crippen molar-refractivity contribution in [3.8, 4) is 23.0 Å². The topological polar surface area (TPSA) is 188 Å². The summed E-state index contributed by atoms with van der Waals surface area (Å²) in [7, 11) is 1.03. The van der Waals surface area contributed by atoms with Crippen LogP contribution in [0, 0.1) is 19.3 Å². The van der Waals surface area contributed by atoms with E-state index in [1.165, 1.54) is 26.0 Å². The normalized spacial score (nSPS) is 21.0. The third-order valence-electron chi connectivity index (χ3n) is 8.87. The maximum absolute atomic E-state index is 14.3. The fourth-order valence-electron chi connectivity index (χ4n) is 7.15. The van der Waals surface area contributed by atoms with Gasteiger partial charge in [0.15, 0.2) is 5.78 Å². The number of phenolic OH excluding ortho intramolecular Hbond substituents is 4. The Morgan fingerprint density at radius 3 is 2.20 bits per heavy atom. The molecule has 4 aliphatic carbocycles. The zero-order valence-corrected chi connectivity index (χ0v) is 24.6. The van der Waals surface area contributed by atoms with Crippen molar-refractivity contribution in [3.05, 3.63) is 98.1 Å². The zero-order chi connectivity index (χ0) is 32.7. The molecule has 0 fully saturated rings. The first-order valence-electron chi connectivity index (χ1n) is 13.9. The molecule has 4 aliphatic rings. The van der Waals surface area contributed by atoms with Gasteiger partial charge in [0.2, 0.25) is 5.78 Å². The van der Waals surface area contributed by atoms with Gasteiger partial charge in [-0.2, -0.15) is 0 Å². The van der Waals surface area contributed by atoms with Crippen LogP contribution in [0.5, 0.6) is 23.0 Å². The number of hydrogen-bond donors (Lipinski definition) is 5. The number of aryl methyl sites for hydroxylation is 1. The molecule has 0 unspecified atom stereocenters. The number of ketones is 2. The number of esters is 2. The minimum atomic E-state index is -1.44. The fourth-order valence-corrected chi connectivity index (χ4v) is 7.15. The van der Waals surface area contributed by atoms with Crippen LogP contribution in [0.4, 0.5) is 0 Å². The van der Waals surface area contributed by atoms with Crippen LogP contribution in [-0.4, -0.2) is 56.1 Å². The smallest absolute Gasteiger partial charge is 0.342 e. The Kier molecular flexibility index (Phi) is 6.54. The molecule has 230 valence electrons. The molecule has 7 rings (SSSR count). The number of fused-ring (bicyclic) bond motifs is 1. The summed E-state index contributed by atoms with van der Waals surface area (Å²) >= 11 is 0. The number of benzene rings is 3. The minimum absolute atomic E-state index is 0.0315. The molecule has 1 spiro atoms. The van der Waals surface area contributed by atoms with Gasteiger partial charge in [0.25, 0.3) is 0 Å². The molecule has 11 nitrogen and oxygen atoms in total. The Morgan fingerprint density at radius 2 is 1.56 bits per heavy atom. The number of carbonyl (C=O) groups excluding carboxylic acids is 4. The van der Waals surface area contributed by atoms with Crippen molar-refractivity contribution in [1.82, 2.24) is 0 Å². The fraction of sp³-hybridized carbons (Fsp3) is 0.235. The number of carbonyl (C=O) groups is 4. The van der Waals surface area contributed by atoms with Crippen molar-refractivity contribution in [1.29, 1.82) is 0 Å². The summed E-state index contributed by atoms with van der Waals surface area (Å²) in [6.45, 7) is 4.42. The van der Waals surface area contributed by atoms with Gasteiger partial charge < -0.3 is 35.0 Å². The molecule has 0 saturated heterocycles. The van der Waals surface area contributed by atoms with Gasteiger partial charge in [-0.25, -0.2) is 4.79 Å². The Morgan fingerprint density at radius 1 is 0.889 bits per heavy atom. The van der Waals surface area contributed by atoms with Crippen LogP contribution in [0.25, 0.3) is 5.76 Å². The van der Waals surface area contributed by atoms with Crippen molar-refractivity contribution in [3.63, 3.8) is 0 Å². The Balaban J connectivity index is 1.61. The van der Waals surface area contributed by atoms with Gasteiger partial charge in [-0.1, -0.05) is 18.2 Å². The quantitative estimate of drug-likeness (QED) is 0.121.